The average molecular weight is 294 g/mol. The molecule has 4 unspecified atom stereocenters. The van der Waals surface area contributed by atoms with Gasteiger partial charge >= 0.3 is 0 Å². The molecule has 0 radical (unpaired) electrons. The summed E-state index contributed by atoms with van der Waals surface area (Å²) in [6.45, 7) is 10.2. The zero-order valence-electron chi connectivity index (χ0n) is 14.1. The van der Waals surface area contributed by atoms with Crippen LogP contribution in [-0.2, 0) is 9.59 Å². The maximum Gasteiger partial charge on any atom is 0.248 e. The minimum atomic E-state index is -0.734. The summed E-state index contributed by atoms with van der Waals surface area (Å²) in [4.78, 5) is 27.3. The van der Waals surface area contributed by atoms with Gasteiger partial charge in [0.05, 0.1) is 0 Å². The summed E-state index contributed by atoms with van der Waals surface area (Å²) >= 11 is 0. The maximum absolute atomic E-state index is 13.0. The second-order valence-corrected chi connectivity index (χ2v) is 7.32. The number of nitrogens with zero attached hydrogens (tertiary/aromatic N) is 1. The van der Waals surface area contributed by atoms with Crippen molar-refractivity contribution in [3.05, 3.63) is 0 Å². The second-order valence-electron chi connectivity index (χ2n) is 7.32. The number of carbonyl (C=O) groups is 2. The molecule has 21 heavy (non-hydrogen) atoms. The minimum absolute atomic E-state index is 0.00738. The van der Waals surface area contributed by atoms with Crippen molar-refractivity contribution in [1.29, 1.82) is 0 Å². The first-order valence-electron chi connectivity index (χ1n) is 8.46. The van der Waals surface area contributed by atoms with E-state index in [1.54, 1.807) is 0 Å². The van der Waals surface area contributed by atoms with E-state index in [9.17, 15) is 9.59 Å². The lowest BCUT2D eigenvalue weighted by Gasteiger charge is -2.50. The third kappa shape index (κ3) is 2.82. The molecule has 0 aromatic heterocycles. The highest BCUT2D eigenvalue weighted by Gasteiger charge is 2.49. The summed E-state index contributed by atoms with van der Waals surface area (Å²) in [5.41, 5.74) is -0.734. The van der Waals surface area contributed by atoms with Crippen LogP contribution < -0.4 is 5.32 Å². The molecule has 1 saturated carbocycles. The molecular formula is C17H30N2O2. The number of nitrogens with one attached hydrogen (secondary N) is 1. The molecule has 0 bridgehead atoms. The van der Waals surface area contributed by atoms with Crippen LogP contribution in [0, 0.1) is 11.8 Å². The normalized spacial score (nSPS) is 37.8. The number of carbonyl (C=O) groups excluding carboxylic acids is 2. The third-order valence-electron chi connectivity index (χ3n) is 5.60. The van der Waals surface area contributed by atoms with E-state index in [0.29, 0.717) is 18.3 Å². The summed E-state index contributed by atoms with van der Waals surface area (Å²) in [6, 6.07) is -0.125. The molecule has 4 heteroatoms. The highest BCUT2D eigenvalue weighted by atomic mass is 16.2. The van der Waals surface area contributed by atoms with E-state index in [1.165, 1.54) is 12.8 Å². The predicted octanol–water partition coefficient (Wildman–Crippen LogP) is 2.72. The summed E-state index contributed by atoms with van der Waals surface area (Å²) in [7, 11) is 0. The van der Waals surface area contributed by atoms with Gasteiger partial charge in [-0.25, -0.2) is 0 Å². The lowest BCUT2D eigenvalue weighted by atomic mass is 9.75. The lowest BCUT2D eigenvalue weighted by molar-refractivity contribution is -0.159. The highest BCUT2D eigenvalue weighted by molar-refractivity contribution is 5.99. The molecule has 1 N–H and O–H groups in total. The van der Waals surface area contributed by atoms with Gasteiger partial charge in [0, 0.05) is 6.04 Å². The van der Waals surface area contributed by atoms with Crippen molar-refractivity contribution in [2.45, 2.75) is 84.3 Å². The van der Waals surface area contributed by atoms with E-state index in [0.717, 1.165) is 12.8 Å². The Labute approximate surface area is 128 Å². The van der Waals surface area contributed by atoms with Crippen LogP contribution in [0.25, 0.3) is 0 Å². The van der Waals surface area contributed by atoms with Gasteiger partial charge in [0.1, 0.15) is 11.6 Å². The fourth-order valence-electron chi connectivity index (χ4n) is 3.96. The van der Waals surface area contributed by atoms with Gasteiger partial charge in [-0.15, -0.1) is 0 Å². The fourth-order valence-corrected chi connectivity index (χ4v) is 3.96. The number of hydrogen-bond acceptors (Lipinski definition) is 2. The van der Waals surface area contributed by atoms with Crippen LogP contribution in [-0.4, -0.2) is 34.3 Å². The Bertz CT molecular complexity index is 421. The van der Waals surface area contributed by atoms with Gasteiger partial charge in [0.25, 0.3) is 0 Å². The molecule has 2 rings (SSSR count). The van der Waals surface area contributed by atoms with Gasteiger partial charge in [-0.3, -0.25) is 9.59 Å². The Hall–Kier alpha value is -1.06. The Morgan fingerprint density at radius 1 is 1.29 bits per heavy atom. The zero-order chi connectivity index (χ0) is 15.8. The fraction of sp³-hybridized carbons (Fsp3) is 0.882. The summed E-state index contributed by atoms with van der Waals surface area (Å²) in [6.07, 6.45) is 5.25. The van der Waals surface area contributed by atoms with Crippen molar-refractivity contribution >= 4 is 11.8 Å². The van der Waals surface area contributed by atoms with Crippen LogP contribution in [0.5, 0.6) is 0 Å². The number of hydrogen-bond donors (Lipinski definition) is 1. The molecule has 1 aliphatic heterocycles. The monoisotopic (exact) mass is 294 g/mol. The van der Waals surface area contributed by atoms with Crippen LogP contribution >= 0.6 is 0 Å². The summed E-state index contributed by atoms with van der Waals surface area (Å²) in [5, 5.41) is 2.92. The topological polar surface area (TPSA) is 49.4 Å². The summed E-state index contributed by atoms with van der Waals surface area (Å²) < 4.78 is 0. The molecule has 2 amide bonds. The Kier molecular flexibility index (Phi) is 4.64. The molecular weight excluding hydrogens is 264 g/mol. The average Bonchev–Trinajstić information content (AvgIpc) is 2.46. The molecule has 1 saturated heterocycles. The van der Waals surface area contributed by atoms with Gasteiger partial charge in [-0.05, 0) is 44.9 Å². The van der Waals surface area contributed by atoms with Crippen molar-refractivity contribution in [3.8, 4) is 0 Å². The van der Waals surface area contributed by atoms with Gasteiger partial charge in [0.15, 0.2) is 0 Å². The molecule has 4 atom stereocenters. The van der Waals surface area contributed by atoms with Crippen LogP contribution in [0.1, 0.15) is 66.7 Å². The molecule has 120 valence electrons. The van der Waals surface area contributed by atoms with Crippen LogP contribution in [0.2, 0.25) is 0 Å². The van der Waals surface area contributed by atoms with Crippen molar-refractivity contribution in [2.24, 2.45) is 11.8 Å². The molecule has 2 aliphatic rings. The first kappa shape index (κ1) is 16.3. The molecule has 0 aromatic rings. The van der Waals surface area contributed by atoms with E-state index < -0.39 is 5.54 Å². The van der Waals surface area contributed by atoms with Crippen LogP contribution in [0.4, 0.5) is 0 Å². The Morgan fingerprint density at radius 2 is 1.90 bits per heavy atom. The first-order chi connectivity index (χ1) is 9.81. The van der Waals surface area contributed by atoms with Crippen molar-refractivity contribution in [3.63, 3.8) is 0 Å². The summed E-state index contributed by atoms with van der Waals surface area (Å²) in [5.74, 6) is 1.16. The Balaban J connectivity index is 2.33. The van der Waals surface area contributed by atoms with E-state index in [4.69, 9.17) is 0 Å². The van der Waals surface area contributed by atoms with Gasteiger partial charge in [-0.2, -0.15) is 0 Å². The van der Waals surface area contributed by atoms with Crippen molar-refractivity contribution in [2.75, 3.05) is 0 Å². The van der Waals surface area contributed by atoms with Gasteiger partial charge in [-0.1, -0.05) is 33.6 Å². The zero-order valence-corrected chi connectivity index (χ0v) is 14.1. The molecule has 1 aliphatic carbocycles. The first-order valence-corrected chi connectivity index (χ1v) is 8.46. The standard InChI is InChI=1S/C17H30N2O2/c1-6-17(5)16(21)19(12(4)15(20)18-17)14-10-8-7-9-13(14)11(2)3/h11-14H,6-10H2,1-5H3,(H,18,20). The minimum Gasteiger partial charge on any atom is -0.340 e. The predicted molar refractivity (Wildman–Crippen MR) is 83.7 cm³/mol. The van der Waals surface area contributed by atoms with Crippen LogP contribution in [0.3, 0.4) is 0 Å². The molecule has 2 fully saturated rings. The number of rotatable bonds is 3. The SMILES string of the molecule is CCC1(C)NC(=O)C(C)N(C2CCCCC2C(C)C)C1=O. The largest absolute Gasteiger partial charge is 0.340 e. The molecule has 0 aromatic carbocycles. The third-order valence-corrected chi connectivity index (χ3v) is 5.60. The molecule has 4 nitrogen and oxygen atoms in total. The molecule has 1 heterocycles. The Morgan fingerprint density at radius 3 is 2.48 bits per heavy atom. The van der Waals surface area contributed by atoms with E-state index in [2.05, 4.69) is 19.2 Å². The molecule has 0 spiro atoms. The van der Waals surface area contributed by atoms with E-state index in [-0.39, 0.29) is 23.9 Å². The highest BCUT2D eigenvalue weighted by Crippen LogP contribution is 2.37. The van der Waals surface area contributed by atoms with Crippen molar-refractivity contribution in [1.82, 2.24) is 10.2 Å². The number of amides is 2. The quantitative estimate of drug-likeness (QED) is 0.870. The second kappa shape index (κ2) is 5.98. The number of piperazine rings is 1. The van der Waals surface area contributed by atoms with Gasteiger partial charge < -0.3 is 10.2 Å². The van der Waals surface area contributed by atoms with Gasteiger partial charge in [0.2, 0.25) is 11.8 Å². The van der Waals surface area contributed by atoms with E-state index >= 15 is 0 Å². The smallest absolute Gasteiger partial charge is 0.248 e. The van der Waals surface area contributed by atoms with Crippen molar-refractivity contribution < 1.29 is 9.59 Å². The van der Waals surface area contributed by atoms with E-state index in [1.807, 2.05) is 25.7 Å². The van der Waals surface area contributed by atoms with Crippen LogP contribution in [0.15, 0.2) is 0 Å². The lowest BCUT2D eigenvalue weighted by Crippen LogP contribution is -2.71. The maximum atomic E-state index is 13.0.